The summed E-state index contributed by atoms with van der Waals surface area (Å²) in [6, 6.07) is 0. The summed E-state index contributed by atoms with van der Waals surface area (Å²) >= 11 is 1.09. The minimum absolute atomic E-state index is 0.208. The maximum atomic E-state index is 9.57. The summed E-state index contributed by atoms with van der Waals surface area (Å²) in [6.45, 7) is 0. The molecule has 38 valence electrons. The monoisotopic (exact) mass is 171 g/mol. The van der Waals surface area contributed by atoms with Gasteiger partial charge in [-0.2, -0.15) is 0 Å². The first-order chi connectivity index (χ1) is 2.77. The van der Waals surface area contributed by atoms with Crippen LogP contribution in [0.5, 0.6) is 0 Å². The molecule has 0 saturated heterocycles. The lowest BCUT2D eigenvalue weighted by molar-refractivity contribution is 0.539. The molecule has 0 aromatic carbocycles. The number of rotatable bonds is 2. The molecule has 1 unspecified atom stereocenters. The van der Waals surface area contributed by atoms with E-state index in [1.807, 2.05) is 0 Å². The highest BCUT2D eigenvalue weighted by molar-refractivity contribution is 9.09. The zero-order chi connectivity index (χ0) is 4.99. The third-order valence-electron chi connectivity index (χ3n) is 0.244. The van der Waals surface area contributed by atoms with Gasteiger partial charge in [-0.1, -0.05) is 27.0 Å². The molecule has 4 heteroatoms. The molecule has 0 aromatic heterocycles. The van der Waals surface area contributed by atoms with E-state index < -0.39 is 11.1 Å². The minimum atomic E-state index is -1.86. The van der Waals surface area contributed by atoms with Crippen LogP contribution in [0.3, 0.4) is 0 Å². The molecule has 0 N–H and O–H groups in total. The Labute approximate surface area is 47.3 Å². The molecule has 0 rings (SSSR count). The summed E-state index contributed by atoms with van der Waals surface area (Å²) in [5.41, 5.74) is 0. The molecule has 0 aliphatic heterocycles. The minimum Gasteiger partial charge on any atom is -0.772 e. The third-order valence-corrected chi connectivity index (χ3v) is 1.70. The van der Waals surface area contributed by atoms with Crippen LogP contribution in [0, 0.1) is 0 Å². The Morgan fingerprint density at radius 1 is 1.83 bits per heavy atom. The Bertz CT molecular complexity index is 55.5. The smallest absolute Gasteiger partial charge is 0.0199 e. The van der Waals surface area contributed by atoms with Crippen molar-refractivity contribution in [2.75, 3.05) is 11.1 Å². The zero-order valence-electron chi connectivity index (χ0n) is 3.02. The first-order valence-corrected chi connectivity index (χ1v) is 3.75. The molecule has 0 radical (unpaired) electrons. The number of halogens is 1. The maximum Gasteiger partial charge on any atom is 0.0199 e. The summed E-state index contributed by atoms with van der Waals surface area (Å²) in [5, 5.41) is 0.531. The second-order valence-electron chi connectivity index (χ2n) is 0.697. The molecule has 0 fully saturated rings. The van der Waals surface area contributed by atoms with E-state index in [2.05, 4.69) is 15.9 Å². The van der Waals surface area contributed by atoms with E-state index in [-0.39, 0.29) is 5.75 Å². The zero-order valence-corrected chi connectivity index (χ0v) is 5.42. The Morgan fingerprint density at radius 3 is 2.33 bits per heavy atom. The average molecular weight is 172 g/mol. The summed E-state index contributed by atoms with van der Waals surface area (Å²) in [4.78, 5) is 0. The van der Waals surface area contributed by atoms with Crippen molar-refractivity contribution in [3.8, 4) is 0 Å². The fraction of sp³-hybridized carbons (Fsp3) is 1.00. The van der Waals surface area contributed by atoms with E-state index in [1.54, 1.807) is 0 Å². The molecule has 2 nitrogen and oxygen atoms in total. The van der Waals surface area contributed by atoms with Gasteiger partial charge in [-0.25, -0.2) is 0 Å². The molecule has 6 heavy (non-hydrogen) atoms. The van der Waals surface area contributed by atoms with Crippen LogP contribution in [0.15, 0.2) is 0 Å². The van der Waals surface area contributed by atoms with Gasteiger partial charge in [0, 0.05) is 11.1 Å². The largest absolute Gasteiger partial charge is 0.772 e. The van der Waals surface area contributed by atoms with Crippen LogP contribution in [-0.4, -0.2) is 19.8 Å². The van der Waals surface area contributed by atoms with Gasteiger partial charge in [0.2, 0.25) is 0 Å². The average Bonchev–Trinajstić information content (AvgIpc) is 1.35. The quantitative estimate of drug-likeness (QED) is 0.442. The van der Waals surface area contributed by atoms with Gasteiger partial charge < -0.3 is 4.55 Å². The van der Waals surface area contributed by atoms with Crippen LogP contribution >= 0.6 is 15.9 Å². The molecule has 0 aromatic rings. The molecule has 0 bridgehead atoms. The Morgan fingerprint density at radius 2 is 2.33 bits per heavy atom. The molecule has 0 amide bonds. The van der Waals surface area contributed by atoms with Gasteiger partial charge in [0.25, 0.3) is 0 Å². The molecular formula is C2H4BrO2S-. The summed E-state index contributed by atoms with van der Waals surface area (Å²) in [7, 11) is 0. The molecule has 0 heterocycles. The Hall–Kier alpha value is 0.590. The molecule has 0 aliphatic carbocycles. The van der Waals surface area contributed by atoms with Crippen molar-refractivity contribution in [1.29, 1.82) is 0 Å². The van der Waals surface area contributed by atoms with Crippen molar-refractivity contribution in [2.24, 2.45) is 0 Å². The lowest BCUT2D eigenvalue weighted by Gasteiger charge is -1.96. The summed E-state index contributed by atoms with van der Waals surface area (Å²) < 4.78 is 19.1. The van der Waals surface area contributed by atoms with Crippen LogP contribution in [0.4, 0.5) is 0 Å². The van der Waals surface area contributed by atoms with Gasteiger partial charge in [-0.05, 0) is 0 Å². The predicted octanol–water partition coefficient (Wildman–Crippen LogP) is 0.260. The van der Waals surface area contributed by atoms with Gasteiger partial charge in [0.15, 0.2) is 0 Å². The van der Waals surface area contributed by atoms with E-state index in [4.69, 9.17) is 0 Å². The van der Waals surface area contributed by atoms with Crippen LogP contribution in [-0.2, 0) is 11.1 Å². The highest BCUT2D eigenvalue weighted by Gasteiger charge is 1.74. The molecule has 0 aliphatic rings. The van der Waals surface area contributed by atoms with Crippen molar-refractivity contribution in [3.63, 3.8) is 0 Å². The van der Waals surface area contributed by atoms with Crippen molar-refractivity contribution in [3.05, 3.63) is 0 Å². The molecule has 1 atom stereocenters. The molecule has 0 saturated carbocycles. The summed E-state index contributed by atoms with van der Waals surface area (Å²) in [6.07, 6.45) is 0. The SMILES string of the molecule is O=S([O-])CCBr. The Kier molecular flexibility index (Phi) is 4.14. The van der Waals surface area contributed by atoms with Crippen molar-refractivity contribution >= 4 is 27.0 Å². The standard InChI is InChI=1S/C2H5BrO2S/c3-1-2-6(4)5/h1-2H2,(H,4,5)/p-1. The van der Waals surface area contributed by atoms with E-state index >= 15 is 0 Å². The van der Waals surface area contributed by atoms with Crippen molar-refractivity contribution in [1.82, 2.24) is 0 Å². The number of hydrogen-bond acceptors (Lipinski definition) is 2. The second kappa shape index (κ2) is 3.77. The van der Waals surface area contributed by atoms with E-state index in [9.17, 15) is 8.76 Å². The third kappa shape index (κ3) is 4.59. The molecule has 0 spiro atoms. The van der Waals surface area contributed by atoms with Gasteiger partial charge in [-0.3, -0.25) is 4.21 Å². The van der Waals surface area contributed by atoms with E-state index in [0.29, 0.717) is 5.33 Å². The predicted molar refractivity (Wildman–Crippen MR) is 27.6 cm³/mol. The number of alkyl halides is 1. The van der Waals surface area contributed by atoms with Crippen LogP contribution in [0.25, 0.3) is 0 Å². The lowest BCUT2D eigenvalue weighted by atomic mass is 11.0. The van der Waals surface area contributed by atoms with Crippen LogP contribution in [0.2, 0.25) is 0 Å². The highest BCUT2D eigenvalue weighted by atomic mass is 79.9. The fourth-order valence-corrected chi connectivity index (χ4v) is 0.982. The molecular weight excluding hydrogens is 168 g/mol. The van der Waals surface area contributed by atoms with Gasteiger partial charge in [0.05, 0.1) is 0 Å². The topological polar surface area (TPSA) is 40.1 Å². The second-order valence-corrected chi connectivity index (χ2v) is 2.51. The fourth-order valence-electron chi connectivity index (χ4n) is 0.0630. The van der Waals surface area contributed by atoms with Gasteiger partial charge in [-0.15, -0.1) is 0 Å². The Balaban J connectivity index is 2.83. The van der Waals surface area contributed by atoms with Crippen molar-refractivity contribution < 1.29 is 8.76 Å². The number of hydrogen-bond donors (Lipinski definition) is 0. The van der Waals surface area contributed by atoms with Crippen LogP contribution < -0.4 is 0 Å². The summed E-state index contributed by atoms with van der Waals surface area (Å²) in [5.74, 6) is 0.208. The lowest BCUT2D eigenvalue weighted by Crippen LogP contribution is -1.93. The van der Waals surface area contributed by atoms with Gasteiger partial charge >= 0.3 is 0 Å². The van der Waals surface area contributed by atoms with Gasteiger partial charge in [0.1, 0.15) is 0 Å². The van der Waals surface area contributed by atoms with E-state index in [0.717, 1.165) is 0 Å². The van der Waals surface area contributed by atoms with E-state index in [1.165, 1.54) is 0 Å². The highest BCUT2D eigenvalue weighted by Crippen LogP contribution is 1.79. The maximum absolute atomic E-state index is 9.57. The first-order valence-electron chi connectivity index (χ1n) is 1.39. The first kappa shape index (κ1) is 6.59. The normalized spacial score (nSPS) is 14.3. The van der Waals surface area contributed by atoms with Crippen molar-refractivity contribution in [2.45, 2.75) is 0 Å². The van der Waals surface area contributed by atoms with Crippen LogP contribution in [0.1, 0.15) is 0 Å².